The fourth-order valence-corrected chi connectivity index (χ4v) is 6.40. The molecule has 42 heavy (non-hydrogen) atoms. The van der Waals surface area contributed by atoms with Gasteiger partial charge in [0.2, 0.25) is 5.13 Å². The van der Waals surface area contributed by atoms with Crippen LogP contribution in [0.1, 0.15) is 21.5 Å². The Kier molecular flexibility index (Phi) is 7.74. The van der Waals surface area contributed by atoms with Gasteiger partial charge in [-0.25, -0.2) is 4.98 Å². The van der Waals surface area contributed by atoms with Crippen LogP contribution >= 0.6 is 34.7 Å². The minimum Gasteiger partial charge on any atom is -0.497 e. The Labute approximate surface area is 252 Å². The molecule has 4 heterocycles. The molecule has 0 bridgehead atoms. The molecule has 2 aromatic carbocycles. The van der Waals surface area contributed by atoms with E-state index in [0.717, 1.165) is 11.1 Å². The first-order valence-electron chi connectivity index (χ1n) is 12.6. The fourth-order valence-electron chi connectivity index (χ4n) is 4.37. The normalized spacial score (nSPS) is 11.2. The molecule has 0 saturated heterocycles. The number of nitrogens with one attached hydrogen (secondary N) is 2. The number of fused-ring (bicyclic) bond motifs is 2. The number of pyridine rings is 2. The van der Waals surface area contributed by atoms with E-state index in [2.05, 4.69) is 20.5 Å². The van der Waals surface area contributed by atoms with Crippen molar-refractivity contribution < 1.29 is 9.53 Å². The van der Waals surface area contributed by atoms with E-state index in [1.165, 1.54) is 33.6 Å². The highest BCUT2D eigenvalue weighted by atomic mass is 35.5. The van der Waals surface area contributed by atoms with E-state index >= 15 is 0 Å². The van der Waals surface area contributed by atoms with E-state index in [-0.39, 0.29) is 33.7 Å². The number of halogens is 1. The molecule has 0 aliphatic rings. The number of rotatable bonds is 8. The number of ether oxygens (including phenoxy) is 1. The Morgan fingerprint density at radius 3 is 2.67 bits per heavy atom. The number of amides is 1. The van der Waals surface area contributed by atoms with Crippen LogP contribution in [0.5, 0.6) is 5.75 Å². The van der Waals surface area contributed by atoms with Crippen LogP contribution in [-0.2, 0) is 12.3 Å². The molecule has 6 aromatic rings. The highest BCUT2D eigenvalue weighted by Gasteiger charge is 2.19. The first-order chi connectivity index (χ1) is 20.4. The van der Waals surface area contributed by atoms with Gasteiger partial charge in [-0.05, 0) is 47.5 Å². The third-order valence-corrected chi connectivity index (χ3v) is 8.89. The molecule has 10 nitrogen and oxygen atoms in total. The fraction of sp³-hybridized carbons (Fsp3) is 0.103. The first-order valence-corrected chi connectivity index (χ1v) is 14.8. The lowest BCUT2D eigenvalue weighted by molar-refractivity contribution is 0.102. The van der Waals surface area contributed by atoms with E-state index in [9.17, 15) is 9.59 Å². The van der Waals surface area contributed by atoms with Crippen molar-refractivity contribution in [2.45, 2.75) is 16.6 Å². The number of thioether (sulfide) groups is 1. The van der Waals surface area contributed by atoms with Crippen LogP contribution in [0.25, 0.3) is 16.7 Å². The number of hydrogen-bond acceptors (Lipinski definition) is 9. The van der Waals surface area contributed by atoms with Gasteiger partial charge in [0.1, 0.15) is 22.5 Å². The molecule has 6 rings (SSSR count). The predicted molar refractivity (Wildman–Crippen MR) is 164 cm³/mol. The number of anilines is 1. The lowest BCUT2D eigenvalue weighted by Crippen LogP contribution is -2.32. The molecule has 13 heteroatoms. The number of benzene rings is 2. The average molecular weight is 616 g/mol. The maximum absolute atomic E-state index is 13.5. The third-order valence-electron chi connectivity index (χ3n) is 6.50. The lowest BCUT2D eigenvalue weighted by Gasteiger charge is -2.15. The monoisotopic (exact) mass is 615 g/mol. The number of carbonyl (C=O) groups excluding carboxylic acids is 1. The Bertz CT molecular complexity index is 2070. The van der Waals surface area contributed by atoms with Crippen molar-refractivity contribution in [1.29, 1.82) is 5.41 Å². The van der Waals surface area contributed by atoms with Gasteiger partial charge < -0.3 is 9.30 Å². The molecule has 0 unspecified atom stereocenters. The third kappa shape index (κ3) is 5.51. The highest BCUT2D eigenvalue weighted by molar-refractivity contribution is 8.00. The molecule has 4 aromatic heterocycles. The van der Waals surface area contributed by atoms with Crippen molar-refractivity contribution in [2.75, 3.05) is 12.4 Å². The van der Waals surface area contributed by atoms with E-state index in [1.807, 2.05) is 48.5 Å². The molecule has 210 valence electrons. The van der Waals surface area contributed by atoms with Crippen LogP contribution in [-0.4, -0.2) is 37.2 Å². The Balaban J connectivity index is 1.35. The molecular weight excluding hydrogens is 594 g/mol. The van der Waals surface area contributed by atoms with Crippen LogP contribution < -0.4 is 21.1 Å². The van der Waals surface area contributed by atoms with Gasteiger partial charge in [-0.2, -0.15) is 0 Å². The van der Waals surface area contributed by atoms with Gasteiger partial charge in [0, 0.05) is 17.0 Å². The molecule has 2 N–H and O–H groups in total. The van der Waals surface area contributed by atoms with Gasteiger partial charge in [0.25, 0.3) is 11.5 Å². The Hall–Kier alpha value is -4.52. The number of methoxy groups -OCH3 is 1. The van der Waals surface area contributed by atoms with Gasteiger partial charge in [0.05, 0.1) is 24.6 Å². The van der Waals surface area contributed by atoms with Gasteiger partial charge >= 0.3 is 0 Å². The zero-order valence-electron chi connectivity index (χ0n) is 22.1. The van der Waals surface area contributed by atoms with Crippen LogP contribution in [0.4, 0.5) is 5.13 Å². The summed E-state index contributed by atoms with van der Waals surface area (Å²) in [7, 11) is 1.59. The molecule has 0 spiro atoms. The standard InChI is InChI=1S/C29H22ClN7O3S2/c1-40-19-11-9-17(10-12-19)15-37-24(31)20(14-21-25(37)32-23-8-4-5-13-36(23)27(21)39)26(38)33-28-34-35-29(42-28)41-16-18-6-2-3-7-22(18)30/h2-14,31H,15-16H2,1H3,(H,33,34,38). The predicted octanol–water partition coefficient (Wildman–Crippen LogP) is 5.24. The van der Waals surface area contributed by atoms with E-state index < -0.39 is 5.91 Å². The quantitative estimate of drug-likeness (QED) is 0.136. The SMILES string of the molecule is COc1ccc(Cn2c(=N)c(C(=O)Nc3nnc(SCc4ccccc4Cl)s3)cc3c(=O)n4ccccc4nc32)cc1. The zero-order chi connectivity index (χ0) is 29.2. The van der Waals surface area contributed by atoms with Crippen molar-refractivity contribution in [3.8, 4) is 5.75 Å². The maximum atomic E-state index is 13.5. The second kappa shape index (κ2) is 11.8. The minimum absolute atomic E-state index is 0.00580. The summed E-state index contributed by atoms with van der Waals surface area (Å²) in [6, 6.07) is 21.6. The van der Waals surface area contributed by atoms with Gasteiger partial charge in [-0.15, -0.1) is 10.2 Å². The van der Waals surface area contributed by atoms with Crippen LogP contribution in [0, 0.1) is 5.41 Å². The summed E-state index contributed by atoms with van der Waals surface area (Å²) in [5.41, 5.74) is 2.11. The maximum Gasteiger partial charge on any atom is 0.267 e. The van der Waals surface area contributed by atoms with Crippen molar-refractivity contribution in [1.82, 2.24) is 24.1 Å². The molecule has 0 fully saturated rings. The number of hydrogen-bond donors (Lipinski definition) is 2. The van der Waals surface area contributed by atoms with Gasteiger partial charge in [-0.3, -0.25) is 24.7 Å². The summed E-state index contributed by atoms with van der Waals surface area (Å²) in [5, 5.41) is 21.2. The molecule has 0 atom stereocenters. The van der Waals surface area contributed by atoms with Gasteiger partial charge in [-0.1, -0.05) is 71.1 Å². The molecule has 1 amide bonds. The summed E-state index contributed by atoms with van der Waals surface area (Å²) in [6.45, 7) is 0.206. The summed E-state index contributed by atoms with van der Waals surface area (Å²) < 4.78 is 8.89. The number of nitrogens with zero attached hydrogens (tertiary/aromatic N) is 5. The van der Waals surface area contributed by atoms with E-state index in [4.69, 9.17) is 21.7 Å². The Morgan fingerprint density at radius 2 is 1.88 bits per heavy atom. The smallest absolute Gasteiger partial charge is 0.267 e. The second-order valence-corrected chi connectivity index (χ2v) is 11.7. The van der Waals surface area contributed by atoms with Crippen LogP contribution in [0.15, 0.2) is 88.1 Å². The summed E-state index contributed by atoms with van der Waals surface area (Å²) >= 11 is 8.92. The van der Waals surface area contributed by atoms with Crippen LogP contribution in [0.3, 0.4) is 0 Å². The molecule has 0 saturated carbocycles. The summed E-state index contributed by atoms with van der Waals surface area (Å²) in [6.07, 6.45) is 1.62. The highest BCUT2D eigenvalue weighted by Crippen LogP contribution is 2.30. The largest absolute Gasteiger partial charge is 0.497 e. The van der Waals surface area contributed by atoms with Crippen molar-refractivity contribution in [2.24, 2.45) is 0 Å². The lowest BCUT2D eigenvalue weighted by atomic mass is 10.1. The summed E-state index contributed by atoms with van der Waals surface area (Å²) in [5.74, 6) is 0.707. The topological polar surface area (TPSA) is 127 Å². The minimum atomic E-state index is -0.582. The van der Waals surface area contributed by atoms with Crippen molar-refractivity contribution >= 4 is 62.4 Å². The van der Waals surface area contributed by atoms with Crippen molar-refractivity contribution in [3.05, 3.63) is 117 Å². The molecule has 0 aliphatic carbocycles. The van der Waals surface area contributed by atoms with Crippen molar-refractivity contribution in [3.63, 3.8) is 0 Å². The molecule has 0 aliphatic heterocycles. The van der Waals surface area contributed by atoms with E-state index in [1.54, 1.807) is 36.1 Å². The zero-order valence-corrected chi connectivity index (χ0v) is 24.5. The second-order valence-electron chi connectivity index (χ2n) is 9.13. The molecule has 0 radical (unpaired) electrons. The van der Waals surface area contributed by atoms with E-state index in [0.29, 0.717) is 32.2 Å². The molecular formula is C29H22ClN7O3S2. The first kappa shape index (κ1) is 27.6. The Morgan fingerprint density at radius 1 is 1.10 bits per heavy atom. The number of aromatic nitrogens is 5. The average Bonchev–Trinajstić information content (AvgIpc) is 3.45. The van der Waals surface area contributed by atoms with Crippen LogP contribution in [0.2, 0.25) is 5.02 Å². The summed E-state index contributed by atoms with van der Waals surface area (Å²) in [4.78, 5) is 31.7. The van der Waals surface area contributed by atoms with Gasteiger partial charge in [0.15, 0.2) is 4.34 Å². The number of carbonyl (C=O) groups is 1.